The normalized spacial score (nSPS) is 12.3. The molecule has 0 aliphatic rings. The number of guanidine groups is 1. The smallest absolute Gasteiger partial charge is 0.351 e. The minimum Gasteiger partial charge on any atom is -0.351 e. The summed E-state index contributed by atoms with van der Waals surface area (Å²) in [4.78, 5) is 11.4. The molecule has 0 spiro atoms. The Morgan fingerprint density at radius 2 is 1.96 bits per heavy atom. The number of hydrogen-bond acceptors (Lipinski definition) is 3. The lowest BCUT2D eigenvalue weighted by Crippen LogP contribution is -2.38. The van der Waals surface area contributed by atoms with Gasteiger partial charge >= 0.3 is 6.18 Å². The molecule has 0 unspecified atom stereocenters. The zero-order valence-corrected chi connectivity index (χ0v) is 14.5. The third-order valence-electron chi connectivity index (χ3n) is 3.53. The number of halogens is 3. The number of hydrogen-bond donors (Lipinski definition) is 1. The van der Waals surface area contributed by atoms with Crippen LogP contribution in [0.1, 0.15) is 21.7 Å². The van der Waals surface area contributed by atoms with Crippen LogP contribution >= 0.6 is 11.3 Å². The summed E-state index contributed by atoms with van der Waals surface area (Å²) in [5, 5.41) is 3.23. The van der Waals surface area contributed by atoms with Crippen molar-refractivity contribution in [2.75, 3.05) is 14.1 Å². The lowest BCUT2D eigenvalue weighted by Gasteiger charge is -2.22. The van der Waals surface area contributed by atoms with E-state index >= 15 is 0 Å². The third kappa shape index (κ3) is 4.70. The molecule has 0 saturated heterocycles. The second-order valence-corrected chi connectivity index (χ2v) is 6.25. The van der Waals surface area contributed by atoms with Crippen molar-refractivity contribution in [1.29, 1.82) is 0 Å². The fourth-order valence-corrected chi connectivity index (χ4v) is 2.90. The minimum atomic E-state index is -4.31. The van der Waals surface area contributed by atoms with Crippen LogP contribution in [0, 0.1) is 6.92 Å². The number of aliphatic imine (C=N–C) groups is 1. The van der Waals surface area contributed by atoms with Gasteiger partial charge in [0.15, 0.2) is 5.96 Å². The van der Waals surface area contributed by atoms with Gasteiger partial charge in [0, 0.05) is 25.5 Å². The first kappa shape index (κ1) is 18.3. The highest BCUT2D eigenvalue weighted by molar-refractivity contribution is 7.09. The van der Waals surface area contributed by atoms with Gasteiger partial charge in [-0.05, 0) is 24.6 Å². The maximum atomic E-state index is 12.6. The van der Waals surface area contributed by atoms with Gasteiger partial charge in [-0.15, -0.1) is 11.3 Å². The van der Waals surface area contributed by atoms with E-state index in [2.05, 4.69) is 15.3 Å². The lowest BCUT2D eigenvalue weighted by atomic mass is 10.1. The molecule has 0 fully saturated rings. The maximum absolute atomic E-state index is 12.6. The van der Waals surface area contributed by atoms with Crippen molar-refractivity contribution in [1.82, 2.24) is 15.2 Å². The van der Waals surface area contributed by atoms with Gasteiger partial charge < -0.3 is 10.2 Å². The molecule has 24 heavy (non-hydrogen) atoms. The summed E-state index contributed by atoms with van der Waals surface area (Å²) in [6, 6.07) is 5.17. The molecule has 1 heterocycles. The Kier molecular flexibility index (Phi) is 5.82. The van der Waals surface area contributed by atoms with Gasteiger partial charge in [-0.25, -0.2) is 4.98 Å². The Morgan fingerprint density at radius 3 is 2.46 bits per heavy atom. The largest absolute Gasteiger partial charge is 0.416 e. The van der Waals surface area contributed by atoms with Crippen LogP contribution in [-0.4, -0.2) is 29.9 Å². The molecule has 0 bridgehead atoms. The van der Waals surface area contributed by atoms with E-state index < -0.39 is 11.7 Å². The first-order chi connectivity index (χ1) is 11.3. The number of alkyl halides is 3. The average molecular weight is 356 g/mol. The molecule has 0 saturated carbocycles. The number of benzene rings is 1. The summed E-state index contributed by atoms with van der Waals surface area (Å²) in [5.74, 6) is 0.669. The van der Waals surface area contributed by atoms with Crippen LogP contribution in [-0.2, 0) is 19.3 Å². The number of nitrogens with one attached hydrogen (secondary N) is 1. The molecular formula is C16H19F3N4S. The van der Waals surface area contributed by atoms with Gasteiger partial charge in [0.1, 0.15) is 0 Å². The van der Waals surface area contributed by atoms with E-state index in [9.17, 15) is 13.2 Å². The SMILES string of the molecule is CN=C(NCc1scnc1C)N(C)Cc1ccc(C(F)(F)F)cc1. The molecule has 0 aliphatic carbocycles. The highest BCUT2D eigenvalue weighted by atomic mass is 32.1. The standard InChI is InChI=1S/C16H19F3N4S/c1-11-14(24-10-22-11)8-21-15(20-2)23(3)9-12-4-6-13(7-5-12)16(17,18)19/h4-7,10H,8-9H2,1-3H3,(H,20,21). The summed E-state index contributed by atoms with van der Waals surface area (Å²) in [6.45, 7) is 3.02. The zero-order valence-electron chi connectivity index (χ0n) is 13.7. The van der Waals surface area contributed by atoms with Gasteiger partial charge in [0.05, 0.1) is 23.3 Å². The first-order valence-corrected chi connectivity index (χ1v) is 8.16. The van der Waals surface area contributed by atoms with Crippen molar-refractivity contribution >= 4 is 17.3 Å². The average Bonchev–Trinajstić information content (AvgIpc) is 2.93. The Hall–Kier alpha value is -2.09. The summed E-state index contributed by atoms with van der Waals surface area (Å²) in [7, 11) is 3.51. The van der Waals surface area contributed by atoms with Crippen molar-refractivity contribution in [3.63, 3.8) is 0 Å². The van der Waals surface area contributed by atoms with Crippen LogP contribution in [0.15, 0.2) is 34.8 Å². The maximum Gasteiger partial charge on any atom is 0.416 e. The molecule has 8 heteroatoms. The number of aryl methyl sites for hydroxylation is 1. The Morgan fingerprint density at radius 1 is 1.29 bits per heavy atom. The van der Waals surface area contributed by atoms with Crippen LogP contribution < -0.4 is 5.32 Å². The summed E-state index contributed by atoms with van der Waals surface area (Å²) < 4.78 is 37.8. The third-order valence-corrected chi connectivity index (χ3v) is 4.46. The lowest BCUT2D eigenvalue weighted by molar-refractivity contribution is -0.137. The second kappa shape index (κ2) is 7.65. The van der Waals surface area contributed by atoms with Crippen LogP contribution in [0.2, 0.25) is 0 Å². The van der Waals surface area contributed by atoms with Gasteiger partial charge in [0.25, 0.3) is 0 Å². The van der Waals surface area contributed by atoms with Crippen LogP contribution in [0.3, 0.4) is 0 Å². The number of thiazole rings is 1. The molecule has 4 nitrogen and oxygen atoms in total. The van der Waals surface area contributed by atoms with Crippen molar-refractivity contribution in [3.05, 3.63) is 51.5 Å². The molecule has 1 N–H and O–H groups in total. The fraction of sp³-hybridized carbons (Fsp3) is 0.375. The molecule has 0 atom stereocenters. The number of rotatable bonds is 4. The molecule has 2 aromatic rings. The predicted molar refractivity (Wildman–Crippen MR) is 90.0 cm³/mol. The van der Waals surface area contributed by atoms with Crippen molar-refractivity contribution in [3.8, 4) is 0 Å². The molecule has 0 aliphatic heterocycles. The minimum absolute atomic E-state index is 0.458. The molecule has 0 amide bonds. The van der Waals surface area contributed by atoms with Crippen LogP contribution in [0.4, 0.5) is 13.2 Å². The monoisotopic (exact) mass is 356 g/mol. The first-order valence-electron chi connectivity index (χ1n) is 7.28. The predicted octanol–water partition coefficient (Wildman–Crippen LogP) is 3.68. The number of nitrogens with zero attached hydrogens (tertiary/aromatic N) is 3. The molecular weight excluding hydrogens is 337 g/mol. The van der Waals surface area contributed by atoms with Crippen molar-refractivity contribution in [2.24, 2.45) is 4.99 Å². The highest BCUT2D eigenvalue weighted by Gasteiger charge is 2.29. The molecule has 2 rings (SSSR count). The van der Waals surface area contributed by atoms with Gasteiger partial charge in [-0.1, -0.05) is 12.1 Å². The quantitative estimate of drug-likeness (QED) is 0.671. The molecule has 130 valence electrons. The Bertz CT molecular complexity index is 692. The van der Waals surface area contributed by atoms with E-state index in [0.29, 0.717) is 19.0 Å². The van der Waals surface area contributed by atoms with Crippen LogP contribution in [0.25, 0.3) is 0 Å². The van der Waals surface area contributed by atoms with Gasteiger partial charge in [-0.2, -0.15) is 13.2 Å². The van der Waals surface area contributed by atoms with E-state index in [-0.39, 0.29) is 0 Å². The molecule has 1 aromatic heterocycles. The number of aromatic nitrogens is 1. The second-order valence-electron chi connectivity index (χ2n) is 5.31. The van der Waals surface area contributed by atoms with Crippen LogP contribution in [0.5, 0.6) is 0 Å². The van der Waals surface area contributed by atoms with E-state index in [1.54, 1.807) is 23.9 Å². The Balaban J connectivity index is 1.96. The summed E-state index contributed by atoms with van der Waals surface area (Å²) in [5.41, 5.74) is 2.91. The van der Waals surface area contributed by atoms with Gasteiger partial charge in [0.2, 0.25) is 0 Å². The zero-order chi connectivity index (χ0) is 17.7. The van der Waals surface area contributed by atoms with E-state index in [1.165, 1.54) is 12.1 Å². The van der Waals surface area contributed by atoms with Crippen molar-refractivity contribution < 1.29 is 13.2 Å². The Labute approximate surface area is 143 Å². The van der Waals surface area contributed by atoms with Crippen molar-refractivity contribution in [2.45, 2.75) is 26.2 Å². The summed E-state index contributed by atoms with van der Waals surface area (Å²) in [6.07, 6.45) is -4.31. The van der Waals surface area contributed by atoms with E-state index in [4.69, 9.17) is 0 Å². The highest BCUT2D eigenvalue weighted by Crippen LogP contribution is 2.29. The van der Waals surface area contributed by atoms with Gasteiger partial charge in [-0.3, -0.25) is 4.99 Å². The molecule has 0 radical (unpaired) electrons. The van der Waals surface area contributed by atoms with E-state index in [1.807, 2.05) is 18.9 Å². The topological polar surface area (TPSA) is 40.5 Å². The molecule has 1 aromatic carbocycles. The fourth-order valence-electron chi connectivity index (χ4n) is 2.19. The van der Waals surface area contributed by atoms with E-state index in [0.717, 1.165) is 28.3 Å². The summed E-state index contributed by atoms with van der Waals surface area (Å²) >= 11 is 1.57.